The number of methoxy groups -OCH3 is 1. The molecule has 1 fully saturated rings. The number of benzene rings is 3. The number of non-ortho nitro benzene ring substituents is 1. The molecule has 1 saturated heterocycles. The van der Waals surface area contributed by atoms with Gasteiger partial charge in [-0.1, -0.05) is 24.3 Å². The van der Waals surface area contributed by atoms with Gasteiger partial charge in [0.2, 0.25) is 0 Å². The topological polar surface area (TPSA) is 131 Å². The summed E-state index contributed by atoms with van der Waals surface area (Å²) >= 11 is 0. The van der Waals surface area contributed by atoms with Crippen molar-refractivity contribution in [3.63, 3.8) is 0 Å². The van der Waals surface area contributed by atoms with Crippen molar-refractivity contribution < 1.29 is 29.1 Å². The Morgan fingerprint density at radius 1 is 1.11 bits per heavy atom. The molecule has 1 heterocycles. The summed E-state index contributed by atoms with van der Waals surface area (Å²) in [7, 11) is 1.28. The van der Waals surface area contributed by atoms with Crippen LogP contribution in [0.1, 0.15) is 28.8 Å². The number of carboxylic acid groups (broad SMARTS) is 1. The highest BCUT2D eigenvalue weighted by Crippen LogP contribution is 2.28. The van der Waals surface area contributed by atoms with E-state index in [0.29, 0.717) is 18.0 Å². The first-order valence-corrected chi connectivity index (χ1v) is 12.2. The summed E-state index contributed by atoms with van der Waals surface area (Å²) in [5, 5.41) is 23.6. The monoisotopic (exact) mass is 519 g/mol. The molecule has 2 atom stereocenters. The lowest BCUT2D eigenvalue weighted by atomic mass is 10.0. The number of ether oxygens (including phenoxy) is 2. The quantitative estimate of drug-likeness (QED) is 0.213. The highest BCUT2D eigenvalue weighted by atomic mass is 16.6. The van der Waals surface area contributed by atoms with E-state index in [0.717, 1.165) is 30.6 Å². The van der Waals surface area contributed by atoms with Gasteiger partial charge in [0, 0.05) is 36.5 Å². The fourth-order valence-corrected chi connectivity index (χ4v) is 4.55. The number of carboxylic acids is 1. The number of nitro benzene ring substituents is 1. The van der Waals surface area contributed by atoms with Gasteiger partial charge in [0.05, 0.1) is 23.6 Å². The lowest BCUT2D eigenvalue weighted by Gasteiger charge is -2.26. The van der Waals surface area contributed by atoms with Gasteiger partial charge in [0.25, 0.3) is 5.69 Å². The third-order valence-corrected chi connectivity index (χ3v) is 6.54. The van der Waals surface area contributed by atoms with E-state index in [4.69, 9.17) is 9.47 Å². The Labute approximate surface area is 219 Å². The Kier molecular flexibility index (Phi) is 8.42. The van der Waals surface area contributed by atoms with Crippen molar-refractivity contribution in [1.29, 1.82) is 0 Å². The van der Waals surface area contributed by atoms with Gasteiger partial charge in [0.15, 0.2) is 0 Å². The molecule has 0 amide bonds. The second-order valence-corrected chi connectivity index (χ2v) is 8.99. The van der Waals surface area contributed by atoms with Crippen LogP contribution in [0.3, 0.4) is 0 Å². The predicted molar refractivity (Wildman–Crippen MR) is 142 cm³/mol. The summed E-state index contributed by atoms with van der Waals surface area (Å²) in [5.74, 6) is -0.925. The van der Waals surface area contributed by atoms with Gasteiger partial charge in [-0.25, -0.2) is 9.59 Å². The smallest absolute Gasteiger partial charge is 0.339 e. The van der Waals surface area contributed by atoms with Crippen LogP contribution in [0, 0.1) is 10.1 Å². The summed E-state index contributed by atoms with van der Waals surface area (Å²) in [6, 6.07) is 19.6. The molecule has 3 aromatic carbocycles. The van der Waals surface area contributed by atoms with E-state index in [-0.39, 0.29) is 23.7 Å². The van der Waals surface area contributed by atoms with Gasteiger partial charge in [-0.05, 0) is 54.8 Å². The number of para-hydroxylation sites is 1. The zero-order valence-corrected chi connectivity index (χ0v) is 20.9. The van der Waals surface area contributed by atoms with E-state index in [1.54, 1.807) is 36.4 Å². The number of esters is 1. The second-order valence-electron chi connectivity index (χ2n) is 8.99. The van der Waals surface area contributed by atoms with Crippen LogP contribution in [-0.4, -0.2) is 54.3 Å². The van der Waals surface area contributed by atoms with E-state index in [2.05, 4.69) is 10.2 Å². The molecule has 2 N–H and O–H groups in total. The molecule has 198 valence electrons. The van der Waals surface area contributed by atoms with Gasteiger partial charge >= 0.3 is 11.9 Å². The average molecular weight is 520 g/mol. The van der Waals surface area contributed by atoms with Crippen molar-refractivity contribution in [1.82, 2.24) is 0 Å². The lowest BCUT2D eigenvalue weighted by Crippen LogP contribution is -2.34. The molecule has 0 radical (unpaired) electrons. The molecular weight excluding hydrogens is 490 g/mol. The van der Waals surface area contributed by atoms with Gasteiger partial charge in [-0.2, -0.15) is 0 Å². The molecule has 10 heteroatoms. The Balaban J connectivity index is 1.36. The van der Waals surface area contributed by atoms with E-state index < -0.39 is 22.9 Å². The first-order valence-electron chi connectivity index (χ1n) is 12.2. The van der Waals surface area contributed by atoms with Gasteiger partial charge < -0.3 is 24.8 Å². The molecule has 38 heavy (non-hydrogen) atoms. The summed E-state index contributed by atoms with van der Waals surface area (Å²) in [4.78, 5) is 36.7. The number of aliphatic carboxylic acids is 1. The molecule has 1 aliphatic rings. The molecule has 0 bridgehead atoms. The number of nitrogens with zero attached hydrogens (tertiary/aromatic N) is 2. The van der Waals surface area contributed by atoms with E-state index in [1.807, 2.05) is 24.3 Å². The van der Waals surface area contributed by atoms with Gasteiger partial charge in [-0.15, -0.1) is 0 Å². The third-order valence-electron chi connectivity index (χ3n) is 6.54. The minimum absolute atomic E-state index is 0.0637. The maximum atomic E-state index is 12.0. The summed E-state index contributed by atoms with van der Waals surface area (Å²) in [5.41, 5.74) is 2.44. The number of nitrogens with one attached hydrogen (secondary N) is 1. The number of carbonyl (C=O) groups is 2. The molecule has 3 aromatic rings. The molecule has 10 nitrogen and oxygen atoms in total. The standard InChI is InChI=1S/C28H29N3O7/c1-37-28(34)24-6-2-3-7-25(24)29-26(27(32)33)17-19-8-14-23(15-9-19)38-18-22-5-4-16-30(22)20-10-12-21(13-11-20)31(35)36/h2-3,6-15,22,26,29H,4-5,16-18H2,1H3,(H,32,33). The fraction of sp³-hybridized carbons (Fsp3) is 0.286. The largest absolute Gasteiger partial charge is 0.491 e. The Bertz CT molecular complexity index is 1280. The van der Waals surface area contributed by atoms with Crippen LogP contribution < -0.4 is 15.0 Å². The van der Waals surface area contributed by atoms with Crippen LogP contribution in [0.15, 0.2) is 72.8 Å². The Morgan fingerprint density at radius 2 is 1.82 bits per heavy atom. The van der Waals surface area contributed by atoms with E-state index in [1.165, 1.54) is 19.2 Å². The van der Waals surface area contributed by atoms with Gasteiger partial charge in [-0.3, -0.25) is 10.1 Å². The molecule has 0 aromatic heterocycles. The Hall–Kier alpha value is -4.60. The van der Waals surface area contributed by atoms with Crippen LogP contribution in [0.25, 0.3) is 0 Å². The summed E-state index contributed by atoms with van der Waals surface area (Å²) in [6.07, 6.45) is 2.16. The van der Waals surface area contributed by atoms with Crippen molar-refractivity contribution in [2.45, 2.75) is 31.3 Å². The number of carbonyl (C=O) groups excluding carboxylic acids is 1. The zero-order valence-electron chi connectivity index (χ0n) is 20.9. The van der Waals surface area contributed by atoms with Crippen molar-refractivity contribution >= 4 is 29.0 Å². The first-order chi connectivity index (χ1) is 18.4. The van der Waals surface area contributed by atoms with Crippen molar-refractivity contribution in [3.8, 4) is 5.75 Å². The van der Waals surface area contributed by atoms with E-state index in [9.17, 15) is 24.8 Å². The minimum atomic E-state index is -1.04. The minimum Gasteiger partial charge on any atom is -0.491 e. The number of hydrogen-bond acceptors (Lipinski definition) is 8. The molecule has 0 saturated carbocycles. The molecule has 0 aliphatic carbocycles. The third kappa shape index (κ3) is 6.39. The SMILES string of the molecule is COC(=O)c1ccccc1NC(Cc1ccc(OCC2CCCN2c2ccc([N+](=O)[O-])cc2)cc1)C(=O)O. The molecule has 2 unspecified atom stereocenters. The molecular formula is C28H29N3O7. The number of hydrogen-bond donors (Lipinski definition) is 2. The molecule has 4 rings (SSSR count). The number of rotatable bonds is 11. The number of nitro groups is 1. The fourth-order valence-electron chi connectivity index (χ4n) is 4.55. The van der Waals surface area contributed by atoms with Crippen molar-refractivity contribution in [2.75, 3.05) is 30.5 Å². The Morgan fingerprint density at radius 3 is 2.47 bits per heavy atom. The first kappa shape index (κ1) is 26.5. The zero-order chi connectivity index (χ0) is 27.1. The van der Waals surface area contributed by atoms with Crippen molar-refractivity contribution in [3.05, 3.63) is 94.0 Å². The van der Waals surface area contributed by atoms with Crippen LogP contribution in [-0.2, 0) is 16.0 Å². The van der Waals surface area contributed by atoms with Crippen LogP contribution in [0.2, 0.25) is 0 Å². The van der Waals surface area contributed by atoms with E-state index >= 15 is 0 Å². The van der Waals surface area contributed by atoms with Gasteiger partial charge in [0.1, 0.15) is 18.4 Å². The summed E-state index contributed by atoms with van der Waals surface area (Å²) in [6.45, 7) is 1.31. The average Bonchev–Trinajstić information content (AvgIpc) is 3.41. The lowest BCUT2D eigenvalue weighted by molar-refractivity contribution is -0.384. The number of anilines is 2. The maximum Gasteiger partial charge on any atom is 0.339 e. The highest BCUT2D eigenvalue weighted by Gasteiger charge is 2.26. The maximum absolute atomic E-state index is 12.0. The predicted octanol–water partition coefficient (Wildman–Crippen LogP) is 4.54. The van der Waals surface area contributed by atoms with Crippen LogP contribution in [0.4, 0.5) is 17.1 Å². The molecule has 1 aliphatic heterocycles. The molecule has 0 spiro atoms. The summed E-state index contributed by atoms with van der Waals surface area (Å²) < 4.78 is 10.8. The van der Waals surface area contributed by atoms with Crippen LogP contribution in [0.5, 0.6) is 5.75 Å². The second kappa shape index (κ2) is 12.1. The van der Waals surface area contributed by atoms with Crippen LogP contribution >= 0.6 is 0 Å². The normalized spacial score (nSPS) is 15.5. The highest BCUT2D eigenvalue weighted by molar-refractivity contribution is 5.96. The van der Waals surface area contributed by atoms with Crippen molar-refractivity contribution in [2.24, 2.45) is 0 Å².